The molecule has 6 heteroatoms. The molecule has 2 aliphatic rings. The number of nitrogens with zero attached hydrogens (tertiary/aromatic N) is 6. The monoisotopic (exact) mass is 821 g/mol. The highest BCUT2D eigenvalue weighted by Crippen LogP contribution is 2.42. The molecule has 0 saturated heterocycles. The van der Waals surface area contributed by atoms with Crippen LogP contribution in [0, 0.1) is 55.4 Å². The number of rotatable bonds is 10. The summed E-state index contributed by atoms with van der Waals surface area (Å²) in [6.45, 7) is 29.2. The summed E-state index contributed by atoms with van der Waals surface area (Å²) in [6, 6.07) is 29.2. The largest absolute Gasteiger partial charge is 0.325 e. The molecule has 1 unspecified atom stereocenters. The van der Waals surface area contributed by atoms with E-state index in [4.69, 9.17) is 9.97 Å². The number of aryl methyl sites for hydroxylation is 8. The molecule has 6 aromatic rings. The Labute approximate surface area is 371 Å². The smallest absolute Gasteiger partial charge is 0.107 e. The Morgan fingerprint density at radius 3 is 1.37 bits per heavy atom. The van der Waals surface area contributed by atoms with Gasteiger partial charge in [-0.25, -0.2) is 0 Å². The van der Waals surface area contributed by atoms with E-state index >= 15 is 0 Å². The van der Waals surface area contributed by atoms with Crippen molar-refractivity contribution in [2.24, 2.45) is 0 Å². The van der Waals surface area contributed by atoms with Crippen molar-refractivity contribution in [3.05, 3.63) is 177 Å². The second-order valence-corrected chi connectivity index (χ2v) is 18.4. The van der Waals surface area contributed by atoms with Gasteiger partial charge in [-0.1, -0.05) is 87.5 Å². The first-order chi connectivity index (χ1) is 29.6. The van der Waals surface area contributed by atoms with Crippen LogP contribution >= 0.6 is 0 Å². The van der Waals surface area contributed by atoms with Crippen molar-refractivity contribution in [1.82, 2.24) is 9.97 Å². The normalized spacial score (nSPS) is 16.7. The van der Waals surface area contributed by atoms with Gasteiger partial charge in [0, 0.05) is 47.3 Å². The van der Waals surface area contributed by atoms with Gasteiger partial charge in [-0.3, -0.25) is 9.97 Å². The maximum absolute atomic E-state index is 5.11. The molecular weight excluding hydrogens is 757 g/mol. The van der Waals surface area contributed by atoms with Crippen molar-refractivity contribution >= 4 is 22.7 Å². The Bertz CT molecular complexity index is 2660. The highest BCUT2D eigenvalue weighted by atomic mass is 15.4. The van der Waals surface area contributed by atoms with E-state index in [9.17, 15) is 0 Å². The quantitative estimate of drug-likeness (QED) is 0.137. The number of hydrogen-bond donors (Lipinski definition) is 0. The Hall–Kier alpha value is -6.14. The van der Waals surface area contributed by atoms with E-state index in [2.05, 4.69) is 226 Å². The summed E-state index contributed by atoms with van der Waals surface area (Å²) in [5.41, 5.74) is 23.5. The van der Waals surface area contributed by atoms with Gasteiger partial charge in [-0.15, -0.1) is 0 Å². The number of hydrogen-bond acceptors (Lipinski definition) is 6. The molecule has 2 aromatic heterocycles. The fourth-order valence-electron chi connectivity index (χ4n) is 10.3. The van der Waals surface area contributed by atoms with Gasteiger partial charge in [0.15, 0.2) is 0 Å². The first-order valence-electron chi connectivity index (χ1n) is 22.4. The van der Waals surface area contributed by atoms with Crippen LogP contribution < -0.4 is 19.6 Å². The van der Waals surface area contributed by atoms with Crippen LogP contribution in [0.5, 0.6) is 0 Å². The zero-order chi connectivity index (χ0) is 44.1. The fraction of sp³-hybridized carbons (Fsp3) is 0.321. The third-order valence-electron chi connectivity index (χ3n) is 13.4. The lowest BCUT2D eigenvalue weighted by molar-refractivity contribution is 0.710. The Morgan fingerprint density at radius 2 is 0.887 bits per heavy atom. The number of para-hydroxylation sites is 2. The molecule has 318 valence electrons. The van der Waals surface area contributed by atoms with Crippen LogP contribution in [0.4, 0.5) is 22.7 Å². The highest BCUT2D eigenvalue weighted by molar-refractivity contribution is 5.75. The van der Waals surface area contributed by atoms with Crippen LogP contribution in [0.3, 0.4) is 0 Å². The van der Waals surface area contributed by atoms with Gasteiger partial charge in [0.2, 0.25) is 0 Å². The summed E-state index contributed by atoms with van der Waals surface area (Å²) < 4.78 is 0. The molecule has 8 rings (SSSR count). The predicted octanol–water partition coefficient (Wildman–Crippen LogP) is 14.0. The fourth-order valence-corrected chi connectivity index (χ4v) is 10.3. The zero-order valence-corrected chi connectivity index (χ0v) is 39.2. The molecule has 2 aliphatic heterocycles. The van der Waals surface area contributed by atoms with Crippen LogP contribution in [0.1, 0.15) is 108 Å². The molecule has 3 atom stereocenters. The van der Waals surface area contributed by atoms with E-state index in [1.54, 1.807) is 0 Å². The first-order valence-corrected chi connectivity index (χ1v) is 22.4. The van der Waals surface area contributed by atoms with Crippen LogP contribution in [-0.4, -0.2) is 22.3 Å². The van der Waals surface area contributed by atoms with Gasteiger partial charge in [-0.2, -0.15) is 0 Å². The van der Waals surface area contributed by atoms with E-state index < -0.39 is 0 Å². The van der Waals surface area contributed by atoms with E-state index in [0.29, 0.717) is 11.8 Å². The number of aromatic nitrogens is 2. The van der Waals surface area contributed by atoms with Gasteiger partial charge in [0.1, 0.15) is 12.3 Å². The molecule has 0 bridgehead atoms. The topological polar surface area (TPSA) is 38.7 Å². The SMILES string of the molecule is Cc1cc(-c2c(C)cc(CC(C)c3cccc(C(C)C)c3N3C=CN(c4cnc(-c5c(C)cccc5C)cc4C)[C@@H]3C)cc2C)ncc1N1C=CN(c2c(C)cccc2C)[C@H]1C. The maximum Gasteiger partial charge on any atom is 0.107 e. The summed E-state index contributed by atoms with van der Waals surface area (Å²) in [5.74, 6) is 0.667. The minimum atomic E-state index is 0.0828. The molecule has 0 aliphatic carbocycles. The van der Waals surface area contributed by atoms with Gasteiger partial charge < -0.3 is 19.6 Å². The summed E-state index contributed by atoms with van der Waals surface area (Å²) in [4.78, 5) is 19.7. The molecular formula is C56H64N6. The highest BCUT2D eigenvalue weighted by Gasteiger charge is 2.31. The molecule has 6 nitrogen and oxygen atoms in total. The summed E-state index contributed by atoms with van der Waals surface area (Å²) in [5, 5.41) is 0. The minimum Gasteiger partial charge on any atom is -0.325 e. The average molecular weight is 821 g/mol. The zero-order valence-electron chi connectivity index (χ0n) is 39.2. The molecule has 0 radical (unpaired) electrons. The number of benzene rings is 4. The van der Waals surface area contributed by atoms with Gasteiger partial charge in [0.05, 0.1) is 35.2 Å². The van der Waals surface area contributed by atoms with Crippen LogP contribution in [-0.2, 0) is 6.42 Å². The Kier molecular flexibility index (Phi) is 11.6. The van der Waals surface area contributed by atoms with E-state index in [0.717, 1.165) is 29.2 Å². The molecule has 0 saturated carbocycles. The van der Waals surface area contributed by atoms with Crippen molar-refractivity contribution in [3.8, 4) is 22.5 Å². The molecule has 4 aromatic carbocycles. The first kappa shape index (κ1) is 42.5. The average Bonchev–Trinajstić information content (AvgIpc) is 3.78. The number of anilines is 4. The third-order valence-corrected chi connectivity index (χ3v) is 13.4. The molecule has 4 heterocycles. The number of pyridine rings is 2. The molecule has 62 heavy (non-hydrogen) atoms. The molecule has 0 N–H and O–H groups in total. The lowest BCUT2D eigenvalue weighted by Gasteiger charge is -2.35. The second-order valence-electron chi connectivity index (χ2n) is 18.4. The van der Waals surface area contributed by atoms with E-state index in [1.807, 2.05) is 0 Å². The standard InChI is InChI=1S/C56H64N6/c1-34(2)47-21-16-22-48(56(47)62-26-24-60(45(62)13)52-32-57-49(30-40(52)8)53-35(3)17-14-18-36(53)4)39(7)27-46-28-42(10)54(43(11)29-46)50-31-41(9)51(33-58-50)59-23-25-61(44(59)12)55-37(5)19-15-20-38(55)6/h14-26,28-34,39,44-45H,27H2,1-13H3/t39?,44-,45-/m0/s1. The maximum atomic E-state index is 5.11. The van der Waals surface area contributed by atoms with Crippen molar-refractivity contribution in [2.75, 3.05) is 19.6 Å². The van der Waals surface area contributed by atoms with Crippen molar-refractivity contribution in [3.63, 3.8) is 0 Å². The Morgan fingerprint density at radius 1 is 0.468 bits per heavy atom. The molecule has 0 amide bonds. The predicted molar refractivity (Wildman–Crippen MR) is 263 cm³/mol. The van der Waals surface area contributed by atoms with Crippen LogP contribution in [0.25, 0.3) is 22.5 Å². The van der Waals surface area contributed by atoms with Crippen molar-refractivity contribution in [1.29, 1.82) is 0 Å². The lowest BCUT2D eigenvalue weighted by Crippen LogP contribution is -2.37. The van der Waals surface area contributed by atoms with Crippen molar-refractivity contribution < 1.29 is 0 Å². The Balaban J connectivity index is 1.03. The molecule has 0 spiro atoms. The lowest BCUT2D eigenvalue weighted by atomic mass is 9.86. The van der Waals surface area contributed by atoms with Gasteiger partial charge in [-0.05, 0) is 161 Å². The van der Waals surface area contributed by atoms with E-state index in [-0.39, 0.29) is 12.3 Å². The van der Waals surface area contributed by atoms with Crippen LogP contribution in [0.2, 0.25) is 0 Å². The van der Waals surface area contributed by atoms with Crippen LogP contribution in [0.15, 0.2) is 116 Å². The summed E-state index contributed by atoms with van der Waals surface area (Å²) >= 11 is 0. The summed E-state index contributed by atoms with van der Waals surface area (Å²) in [7, 11) is 0. The molecule has 0 fully saturated rings. The minimum absolute atomic E-state index is 0.0828. The van der Waals surface area contributed by atoms with Crippen molar-refractivity contribution in [2.45, 2.75) is 121 Å². The van der Waals surface area contributed by atoms with E-state index in [1.165, 1.54) is 83.7 Å². The van der Waals surface area contributed by atoms with Gasteiger partial charge >= 0.3 is 0 Å². The second kappa shape index (κ2) is 17.0. The third kappa shape index (κ3) is 7.69. The summed E-state index contributed by atoms with van der Waals surface area (Å²) in [6.07, 6.45) is 14.2. The van der Waals surface area contributed by atoms with Gasteiger partial charge in [0.25, 0.3) is 0 Å².